The van der Waals surface area contributed by atoms with Gasteiger partial charge in [-0.2, -0.15) is 5.10 Å². The highest BCUT2D eigenvalue weighted by atomic mass is 15.2. The van der Waals surface area contributed by atoms with E-state index in [1.165, 1.54) is 5.56 Å². The lowest BCUT2D eigenvalue weighted by Crippen LogP contribution is -1.96. The number of rotatable bonds is 2. The molecule has 0 spiro atoms. The van der Waals surface area contributed by atoms with Gasteiger partial charge in [-0.15, -0.1) is 0 Å². The largest absolute Gasteiger partial charge is 0.275 e. The third-order valence-electron chi connectivity index (χ3n) is 4.27. The van der Waals surface area contributed by atoms with Gasteiger partial charge in [0, 0.05) is 25.0 Å². The Morgan fingerprint density at radius 1 is 1.08 bits per heavy atom. The topological polar surface area (TPSA) is 43.6 Å². The molecule has 4 aromatic rings. The van der Waals surface area contributed by atoms with Crippen LogP contribution in [-0.2, 0) is 13.5 Å². The molecule has 0 aliphatic rings. The Kier molecular flexibility index (Phi) is 4.20. The fraction of sp³-hybridized carbons (Fsp3) is 0.136. The SMILES string of the molecule is CCc1cc2nccc(C#Cc3cnn(C)c3)c2nc1-c1ccccc1. The first-order valence-corrected chi connectivity index (χ1v) is 8.59. The number of benzene rings is 1. The van der Waals surface area contributed by atoms with Gasteiger partial charge in [0.15, 0.2) is 0 Å². The predicted molar refractivity (Wildman–Crippen MR) is 104 cm³/mol. The van der Waals surface area contributed by atoms with Gasteiger partial charge in [0.2, 0.25) is 0 Å². The van der Waals surface area contributed by atoms with E-state index in [-0.39, 0.29) is 0 Å². The van der Waals surface area contributed by atoms with Crippen LogP contribution in [-0.4, -0.2) is 19.7 Å². The van der Waals surface area contributed by atoms with E-state index >= 15 is 0 Å². The second-order valence-corrected chi connectivity index (χ2v) is 6.09. The Morgan fingerprint density at radius 3 is 2.65 bits per heavy atom. The van der Waals surface area contributed by atoms with E-state index in [0.29, 0.717) is 0 Å². The molecule has 0 N–H and O–H groups in total. The Labute approximate surface area is 152 Å². The zero-order valence-electron chi connectivity index (χ0n) is 14.8. The summed E-state index contributed by atoms with van der Waals surface area (Å²) in [4.78, 5) is 9.45. The summed E-state index contributed by atoms with van der Waals surface area (Å²) in [6.07, 6.45) is 6.35. The van der Waals surface area contributed by atoms with Gasteiger partial charge >= 0.3 is 0 Å². The number of aryl methyl sites for hydroxylation is 2. The fourth-order valence-electron chi connectivity index (χ4n) is 2.95. The second-order valence-electron chi connectivity index (χ2n) is 6.09. The first kappa shape index (κ1) is 16.0. The smallest absolute Gasteiger partial charge is 0.105 e. The van der Waals surface area contributed by atoms with Crippen LogP contribution in [0.2, 0.25) is 0 Å². The zero-order chi connectivity index (χ0) is 17.9. The average molecular weight is 338 g/mol. The van der Waals surface area contributed by atoms with Gasteiger partial charge in [0.1, 0.15) is 5.52 Å². The number of fused-ring (bicyclic) bond motifs is 1. The van der Waals surface area contributed by atoms with Gasteiger partial charge in [-0.1, -0.05) is 49.1 Å². The third-order valence-corrected chi connectivity index (χ3v) is 4.27. The normalized spacial score (nSPS) is 10.5. The van der Waals surface area contributed by atoms with Crippen LogP contribution >= 0.6 is 0 Å². The van der Waals surface area contributed by atoms with Crippen LogP contribution in [0.4, 0.5) is 0 Å². The molecule has 0 unspecified atom stereocenters. The number of pyridine rings is 2. The molecular formula is C22H18N4. The maximum atomic E-state index is 4.95. The van der Waals surface area contributed by atoms with Crippen LogP contribution in [0.25, 0.3) is 22.3 Å². The van der Waals surface area contributed by atoms with Crippen LogP contribution < -0.4 is 0 Å². The molecule has 4 nitrogen and oxygen atoms in total. The standard InChI is InChI=1S/C22H18N4/c1-3-17-13-20-22(25-21(17)18-7-5-4-6-8-18)19(11-12-23-20)10-9-16-14-24-26(2)15-16/h4-8,11-15H,3H2,1-2H3. The van der Waals surface area contributed by atoms with Crippen LogP contribution in [0.3, 0.4) is 0 Å². The molecule has 0 radical (unpaired) electrons. The Hall–Kier alpha value is -3.45. The maximum absolute atomic E-state index is 4.95. The first-order chi connectivity index (χ1) is 12.7. The Morgan fingerprint density at radius 2 is 1.92 bits per heavy atom. The predicted octanol–water partition coefficient (Wildman–Crippen LogP) is 3.99. The molecule has 3 aromatic heterocycles. The Bertz CT molecular complexity index is 1130. The summed E-state index contributed by atoms with van der Waals surface area (Å²) < 4.78 is 1.74. The lowest BCUT2D eigenvalue weighted by molar-refractivity contribution is 0.767. The van der Waals surface area contributed by atoms with E-state index in [1.807, 2.05) is 37.5 Å². The third kappa shape index (κ3) is 3.07. The summed E-state index contributed by atoms with van der Waals surface area (Å²) in [5.74, 6) is 6.39. The number of hydrogen-bond acceptors (Lipinski definition) is 3. The molecule has 0 atom stereocenters. The highest BCUT2D eigenvalue weighted by molar-refractivity contribution is 5.85. The van der Waals surface area contributed by atoms with Crippen molar-refractivity contribution < 1.29 is 0 Å². The average Bonchev–Trinajstić information content (AvgIpc) is 3.11. The second kappa shape index (κ2) is 6.81. The first-order valence-electron chi connectivity index (χ1n) is 8.59. The van der Waals surface area contributed by atoms with E-state index in [9.17, 15) is 0 Å². The molecule has 26 heavy (non-hydrogen) atoms. The highest BCUT2D eigenvalue weighted by Crippen LogP contribution is 2.26. The summed E-state index contributed by atoms with van der Waals surface area (Å²) in [6.45, 7) is 2.14. The minimum absolute atomic E-state index is 0.833. The summed E-state index contributed by atoms with van der Waals surface area (Å²) in [5.41, 5.74) is 6.76. The molecular weight excluding hydrogens is 320 g/mol. The fourth-order valence-corrected chi connectivity index (χ4v) is 2.95. The lowest BCUT2D eigenvalue weighted by Gasteiger charge is -2.10. The summed E-state index contributed by atoms with van der Waals surface area (Å²) in [6, 6.07) is 14.3. The van der Waals surface area contributed by atoms with Crippen molar-refractivity contribution in [3.63, 3.8) is 0 Å². The monoisotopic (exact) mass is 338 g/mol. The van der Waals surface area contributed by atoms with Crippen molar-refractivity contribution >= 4 is 11.0 Å². The van der Waals surface area contributed by atoms with E-state index in [0.717, 1.165) is 39.8 Å². The van der Waals surface area contributed by atoms with Gasteiger partial charge in [0.25, 0.3) is 0 Å². The van der Waals surface area contributed by atoms with Gasteiger partial charge in [-0.3, -0.25) is 9.67 Å². The highest BCUT2D eigenvalue weighted by Gasteiger charge is 2.10. The van der Waals surface area contributed by atoms with E-state index in [1.54, 1.807) is 17.1 Å². The van der Waals surface area contributed by atoms with Crippen molar-refractivity contribution in [1.29, 1.82) is 0 Å². The van der Waals surface area contributed by atoms with Crippen molar-refractivity contribution in [2.24, 2.45) is 7.05 Å². The van der Waals surface area contributed by atoms with Gasteiger partial charge in [-0.25, -0.2) is 4.98 Å². The van der Waals surface area contributed by atoms with Crippen LogP contribution in [0.5, 0.6) is 0 Å². The van der Waals surface area contributed by atoms with E-state index in [2.05, 4.69) is 47.0 Å². The van der Waals surface area contributed by atoms with E-state index in [4.69, 9.17) is 4.98 Å². The zero-order valence-corrected chi connectivity index (χ0v) is 14.8. The molecule has 0 aliphatic carbocycles. The summed E-state index contributed by atoms with van der Waals surface area (Å²) in [7, 11) is 1.88. The summed E-state index contributed by atoms with van der Waals surface area (Å²) in [5, 5.41) is 4.15. The number of hydrogen-bond donors (Lipinski definition) is 0. The van der Waals surface area contributed by atoms with Crippen molar-refractivity contribution in [1.82, 2.24) is 19.7 Å². The minimum Gasteiger partial charge on any atom is -0.275 e. The van der Waals surface area contributed by atoms with Crippen LogP contribution in [0.15, 0.2) is 61.1 Å². The number of aromatic nitrogens is 4. The van der Waals surface area contributed by atoms with Crippen molar-refractivity contribution in [3.8, 4) is 23.1 Å². The van der Waals surface area contributed by atoms with Crippen molar-refractivity contribution in [2.75, 3.05) is 0 Å². The molecule has 4 rings (SSSR count). The van der Waals surface area contributed by atoms with Gasteiger partial charge < -0.3 is 0 Å². The molecule has 126 valence electrons. The van der Waals surface area contributed by atoms with Crippen molar-refractivity contribution in [2.45, 2.75) is 13.3 Å². The molecule has 0 aliphatic heterocycles. The molecule has 0 saturated heterocycles. The van der Waals surface area contributed by atoms with Crippen LogP contribution in [0.1, 0.15) is 23.6 Å². The molecule has 4 heteroatoms. The lowest BCUT2D eigenvalue weighted by atomic mass is 10.0. The van der Waals surface area contributed by atoms with Crippen molar-refractivity contribution in [3.05, 3.63) is 77.7 Å². The molecule has 0 bridgehead atoms. The van der Waals surface area contributed by atoms with Gasteiger partial charge in [-0.05, 0) is 24.1 Å². The maximum Gasteiger partial charge on any atom is 0.105 e. The quantitative estimate of drug-likeness (QED) is 0.519. The molecule has 0 amide bonds. The Balaban J connectivity index is 1.89. The number of nitrogens with zero attached hydrogens (tertiary/aromatic N) is 4. The molecule has 0 saturated carbocycles. The molecule has 1 aromatic carbocycles. The minimum atomic E-state index is 0.833. The molecule has 3 heterocycles. The van der Waals surface area contributed by atoms with Gasteiger partial charge in [0.05, 0.1) is 28.5 Å². The summed E-state index contributed by atoms with van der Waals surface area (Å²) >= 11 is 0. The van der Waals surface area contributed by atoms with Crippen LogP contribution in [0, 0.1) is 11.8 Å². The molecule has 0 fully saturated rings. The van der Waals surface area contributed by atoms with E-state index < -0.39 is 0 Å².